The molecule has 16 heavy (non-hydrogen) atoms. The van der Waals surface area contributed by atoms with Gasteiger partial charge in [-0.15, -0.1) is 5.10 Å². The van der Waals surface area contributed by atoms with E-state index in [4.69, 9.17) is 11.6 Å². The maximum atomic E-state index is 11.5. The van der Waals surface area contributed by atoms with Gasteiger partial charge in [0.15, 0.2) is 17.0 Å². The summed E-state index contributed by atoms with van der Waals surface area (Å²) in [6.07, 6.45) is 0.506. The van der Waals surface area contributed by atoms with Gasteiger partial charge in [0.2, 0.25) is 0 Å². The van der Waals surface area contributed by atoms with Crippen LogP contribution in [0, 0.1) is 0 Å². The largest absolute Gasteiger partial charge is 0.464 e. The fourth-order valence-corrected chi connectivity index (χ4v) is 1.34. The van der Waals surface area contributed by atoms with Crippen LogP contribution in [0.1, 0.15) is 35.5 Å². The Bertz CT molecular complexity index is 416. The first kappa shape index (κ1) is 12.6. The second kappa shape index (κ2) is 5.07. The van der Waals surface area contributed by atoms with Gasteiger partial charge in [-0.3, -0.25) is 4.79 Å². The molecule has 0 fully saturated rings. The summed E-state index contributed by atoms with van der Waals surface area (Å²) in [7, 11) is 1.25. The molecular weight excluding hydrogens is 234 g/mol. The van der Waals surface area contributed by atoms with E-state index in [0.29, 0.717) is 12.1 Å². The summed E-state index contributed by atoms with van der Waals surface area (Å²) in [6.45, 7) is 3.13. The van der Waals surface area contributed by atoms with E-state index in [-0.39, 0.29) is 11.5 Å². The van der Waals surface area contributed by atoms with Crippen LogP contribution >= 0.6 is 11.6 Å². The average Bonchev–Trinajstić information content (AvgIpc) is 2.70. The van der Waals surface area contributed by atoms with Crippen molar-refractivity contribution in [2.24, 2.45) is 0 Å². The molecule has 0 aliphatic rings. The smallest absolute Gasteiger partial charge is 0.358 e. The Kier molecular flexibility index (Phi) is 4.00. The molecular formula is C9H12ClN3O3. The number of aryl methyl sites for hydroxylation is 1. The Hall–Kier alpha value is -1.43. The van der Waals surface area contributed by atoms with Gasteiger partial charge in [0, 0.05) is 0 Å². The number of Topliss-reactive ketones (excluding diaryl/α,β-unsaturated/α-hetero) is 1. The van der Waals surface area contributed by atoms with Crippen LogP contribution in [-0.4, -0.2) is 33.9 Å². The van der Waals surface area contributed by atoms with Crippen molar-refractivity contribution in [2.45, 2.75) is 25.8 Å². The zero-order chi connectivity index (χ0) is 12.3. The quantitative estimate of drug-likeness (QED) is 0.583. The highest BCUT2D eigenvalue weighted by atomic mass is 35.5. The molecule has 1 aromatic rings. The number of esters is 1. The summed E-state index contributed by atoms with van der Waals surface area (Å²) >= 11 is 5.82. The maximum absolute atomic E-state index is 11.5. The molecule has 0 aromatic carbocycles. The van der Waals surface area contributed by atoms with E-state index < -0.39 is 11.5 Å². The predicted molar refractivity (Wildman–Crippen MR) is 56.3 cm³/mol. The second-order valence-electron chi connectivity index (χ2n) is 3.12. The Balaban J connectivity index is 3.24. The standard InChI is InChI=1S/C9H12ClN3O3/c1-4-6-7(9(15)16-3)13(12-11-6)8(10)5(2)14/h8H,4H2,1-3H3. The van der Waals surface area contributed by atoms with Crippen LogP contribution in [0.15, 0.2) is 0 Å². The summed E-state index contributed by atoms with van der Waals surface area (Å²) in [5, 5.41) is 7.47. The molecule has 0 spiro atoms. The number of hydrogen-bond acceptors (Lipinski definition) is 5. The van der Waals surface area contributed by atoms with Gasteiger partial charge in [0.25, 0.3) is 0 Å². The van der Waals surface area contributed by atoms with E-state index in [9.17, 15) is 9.59 Å². The van der Waals surface area contributed by atoms with Crippen molar-refractivity contribution in [1.29, 1.82) is 0 Å². The lowest BCUT2D eigenvalue weighted by Gasteiger charge is -2.08. The number of carbonyl (C=O) groups is 2. The van der Waals surface area contributed by atoms with Gasteiger partial charge in [-0.05, 0) is 13.3 Å². The van der Waals surface area contributed by atoms with E-state index >= 15 is 0 Å². The number of carbonyl (C=O) groups excluding carboxylic acids is 2. The maximum Gasteiger partial charge on any atom is 0.358 e. The monoisotopic (exact) mass is 245 g/mol. The molecule has 6 nitrogen and oxygen atoms in total. The summed E-state index contributed by atoms with van der Waals surface area (Å²) in [6, 6.07) is 0. The molecule has 0 radical (unpaired) electrons. The van der Waals surface area contributed by atoms with Crippen LogP contribution < -0.4 is 0 Å². The number of hydrogen-bond donors (Lipinski definition) is 0. The Morgan fingerprint density at radius 3 is 2.62 bits per heavy atom. The second-order valence-corrected chi connectivity index (χ2v) is 3.53. The number of ether oxygens (including phenoxy) is 1. The number of ketones is 1. The van der Waals surface area contributed by atoms with Gasteiger partial charge in [0.1, 0.15) is 0 Å². The minimum Gasteiger partial charge on any atom is -0.464 e. The molecule has 1 unspecified atom stereocenters. The van der Waals surface area contributed by atoms with Crippen molar-refractivity contribution >= 4 is 23.4 Å². The van der Waals surface area contributed by atoms with Crippen molar-refractivity contribution in [2.75, 3.05) is 7.11 Å². The third kappa shape index (κ3) is 2.21. The van der Waals surface area contributed by atoms with Crippen LogP contribution in [0.4, 0.5) is 0 Å². The van der Waals surface area contributed by atoms with Crippen molar-refractivity contribution in [1.82, 2.24) is 15.0 Å². The van der Waals surface area contributed by atoms with Gasteiger partial charge in [0.05, 0.1) is 12.8 Å². The van der Waals surface area contributed by atoms with Crippen LogP contribution in [0.3, 0.4) is 0 Å². The van der Waals surface area contributed by atoms with E-state index in [1.807, 2.05) is 6.92 Å². The van der Waals surface area contributed by atoms with Gasteiger partial charge >= 0.3 is 5.97 Å². The number of aromatic nitrogens is 3. The molecule has 1 aromatic heterocycles. The minimum atomic E-state index is -1.04. The number of halogens is 1. The van der Waals surface area contributed by atoms with Crippen molar-refractivity contribution in [3.05, 3.63) is 11.4 Å². The first-order valence-corrected chi connectivity index (χ1v) is 5.13. The molecule has 0 aliphatic carbocycles. The van der Waals surface area contributed by atoms with Crippen LogP contribution in [-0.2, 0) is 16.0 Å². The minimum absolute atomic E-state index is 0.125. The van der Waals surface area contributed by atoms with Gasteiger partial charge in [-0.1, -0.05) is 23.7 Å². The molecule has 0 N–H and O–H groups in total. The summed E-state index contributed by atoms with van der Waals surface area (Å²) in [5.41, 5.74) is -0.458. The number of rotatable bonds is 4. The van der Waals surface area contributed by atoms with E-state index in [2.05, 4.69) is 15.0 Å². The average molecular weight is 246 g/mol. The van der Waals surface area contributed by atoms with Gasteiger partial charge in [-0.2, -0.15) is 0 Å². The molecule has 7 heteroatoms. The molecule has 1 rings (SSSR count). The third-order valence-corrected chi connectivity index (χ3v) is 2.52. The van der Waals surface area contributed by atoms with E-state index in [1.54, 1.807) is 0 Å². The SMILES string of the molecule is CCc1nnn(C(Cl)C(C)=O)c1C(=O)OC. The highest BCUT2D eigenvalue weighted by Gasteiger charge is 2.26. The lowest BCUT2D eigenvalue weighted by molar-refractivity contribution is -0.118. The highest BCUT2D eigenvalue weighted by molar-refractivity contribution is 6.28. The molecule has 1 atom stereocenters. The number of alkyl halides is 1. The van der Waals surface area contributed by atoms with Crippen LogP contribution in [0.5, 0.6) is 0 Å². The first-order valence-electron chi connectivity index (χ1n) is 4.69. The Morgan fingerprint density at radius 2 is 2.19 bits per heavy atom. The predicted octanol–water partition coefficient (Wildman–Crippen LogP) is 0.953. The first-order chi connectivity index (χ1) is 7.52. The zero-order valence-electron chi connectivity index (χ0n) is 9.23. The molecule has 0 bridgehead atoms. The molecule has 0 saturated heterocycles. The van der Waals surface area contributed by atoms with Crippen molar-refractivity contribution in [3.8, 4) is 0 Å². The molecule has 0 amide bonds. The van der Waals surface area contributed by atoms with Crippen LogP contribution in [0.25, 0.3) is 0 Å². The van der Waals surface area contributed by atoms with E-state index in [1.165, 1.54) is 14.0 Å². The Morgan fingerprint density at radius 1 is 1.56 bits per heavy atom. The van der Waals surface area contributed by atoms with Gasteiger partial charge in [-0.25, -0.2) is 9.48 Å². The molecule has 0 aliphatic heterocycles. The highest BCUT2D eigenvalue weighted by Crippen LogP contribution is 2.18. The zero-order valence-corrected chi connectivity index (χ0v) is 9.98. The van der Waals surface area contributed by atoms with E-state index in [0.717, 1.165) is 4.68 Å². The van der Waals surface area contributed by atoms with Crippen molar-refractivity contribution < 1.29 is 14.3 Å². The fourth-order valence-electron chi connectivity index (χ4n) is 1.20. The topological polar surface area (TPSA) is 74.1 Å². The molecule has 0 saturated carbocycles. The lowest BCUT2D eigenvalue weighted by Crippen LogP contribution is -2.19. The third-order valence-electron chi connectivity index (χ3n) is 2.03. The normalized spacial score (nSPS) is 12.2. The number of methoxy groups -OCH3 is 1. The summed E-state index contributed by atoms with van der Waals surface area (Å²) < 4.78 is 5.68. The molecule has 88 valence electrons. The fraction of sp³-hybridized carbons (Fsp3) is 0.556. The molecule has 1 heterocycles. The number of nitrogens with zero attached hydrogens (tertiary/aromatic N) is 3. The Labute approximate surface area is 97.5 Å². The lowest BCUT2D eigenvalue weighted by atomic mass is 10.2. The summed E-state index contributed by atoms with van der Waals surface area (Å²) in [4.78, 5) is 22.6. The summed E-state index contributed by atoms with van der Waals surface area (Å²) in [5.74, 6) is -0.923. The van der Waals surface area contributed by atoms with Crippen molar-refractivity contribution in [3.63, 3.8) is 0 Å². The van der Waals surface area contributed by atoms with Crippen LogP contribution in [0.2, 0.25) is 0 Å². The van der Waals surface area contributed by atoms with Gasteiger partial charge < -0.3 is 4.74 Å².